The van der Waals surface area contributed by atoms with Crippen LogP contribution >= 0.6 is 0 Å². The van der Waals surface area contributed by atoms with Gasteiger partial charge in [-0.3, -0.25) is 19.7 Å². The van der Waals surface area contributed by atoms with Crippen molar-refractivity contribution >= 4 is 17.8 Å². The van der Waals surface area contributed by atoms with Crippen LogP contribution in [-0.2, 0) is 20.8 Å². The molecule has 0 bridgehead atoms. The van der Waals surface area contributed by atoms with Gasteiger partial charge in [0.25, 0.3) is 0 Å². The summed E-state index contributed by atoms with van der Waals surface area (Å²) < 4.78 is 5.72. The second-order valence-corrected chi connectivity index (χ2v) is 5.61. The van der Waals surface area contributed by atoms with E-state index < -0.39 is 11.9 Å². The number of carboxylic acids is 1. The predicted molar refractivity (Wildman–Crippen MR) is 78.7 cm³/mol. The second-order valence-electron chi connectivity index (χ2n) is 5.61. The summed E-state index contributed by atoms with van der Waals surface area (Å²) in [4.78, 5) is 34.2. The first kappa shape index (κ1) is 16.0. The molecule has 6 heteroatoms. The molecular formula is C16H19NO5. The summed E-state index contributed by atoms with van der Waals surface area (Å²) >= 11 is 0. The number of ether oxygens (including phenoxy) is 1. The van der Waals surface area contributed by atoms with E-state index in [1.165, 1.54) is 0 Å². The van der Waals surface area contributed by atoms with Crippen LogP contribution in [-0.4, -0.2) is 29.0 Å². The molecule has 1 aliphatic heterocycles. The fourth-order valence-corrected chi connectivity index (χ4v) is 2.51. The van der Waals surface area contributed by atoms with Gasteiger partial charge in [-0.05, 0) is 31.9 Å². The van der Waals surface area contributed by atoms with E-state index in [0.29, 0.717) is 23.3 Å². The van der Waals surface area contributed by atoms with E-state index in [0.717, 1.165) is 0 Å². The van der Waals surface area contributed by atoms with E-state index in [1.807, 2.05) is 13.8 Å². The Morgan fingerprint density at radius 3 is 2.73 bits per heavy atom. The standard InChI is InChI=1S/C16H19NO5/c1-9(2)22-13-5-3-10(8-15(19)20)7-12(13)11-4-6-14(18)17-16(11)21/h3,5,7,9,11H,4,6,8H2,1-2H3,(H,19,20)(H,17,18,21). The smallest absolute Gasteiger partial charge is 0.307 e. The number of imide groups is 1. The number of carbonyl (C=O) groups is 3. The number of hydrogen-bond acceptors (Lipinski definition) is 4. The molecule has 2 amide bonds. The van der Waals surface area contributed by atoms with Crippen molar-refractivity contribution in [1.29, 1.82) is 0 Å². The van der Waals surface area contributed by atoms with Crippen LogP contribution in [0.1, 0.15) is 43.7 Å². The van der Waals surface area contributed by atoms with Crippen LogP contribution in [0.2, 0.25) is 0 Å². The monoisotopic (exact) mass is 305 g/mol. The average Bonchev–Trinajstić information content (AvgIpc) is 2.39. The first-order valence-corrected chi connectivity index (χ1v) is 7.21. The SMILES string of the molecule is CC(C)Oc1ccc(CC(=O)O)cc1C1CCC(=O)NC1=O. The molecule has 1 unspecified atom stereocenters. The summed E-state index contributed by atoms with van der Waals surface area (Å²) in [6.45, 7) is 3.75. The van der Waals surface area contributed by atoms with Crippen molar-refractivity contribution in [2.75, 3.05) is 0 Å². The summed E-state index contributed by atoms with van der Waals surface area (Å²) in [7, 11) is 0. The molecule has 6 nitrogen and oxygen atoms in total. The van der Waals surface area contributed by atoms with Gasteiger partial charge in [0.1, 0.15) is 5.75 Å². The van der Waals surface area contributed by atoms with Gasteiger partial charge in [0, 0.05) is 12.0 Å². The third kappa shape index (κ3) is 3.84. The molecule has 1 heterocycles. The lowest BCUT2D eigenvalue weighted by atomic mass is 9.88. The zero-order chi connectivity index (χ0) is 16.3. The highest BCUT2D eigenvalue weighted by Gasteiger charge is 2.30. The Balaban J connectivity index is 2.37. The molecule has 1 aliphatic rings. The Morgan fingerprint density at radius 2 is 2.14 bits per heavy atom. The number of benzene rings is 1. The van der Waals surface area contributed by atoms with E-state index in [-0.39, 0.29) is 30.8 Å². The Labute approximate surface area is 128 Å². The number of carbonyl (C=O) groups excluding carboxylic acids is 2. The Bertz CT molecular complexity index is 609. The van der Waals surface area contributed by atoms with E-state index in [9.17, 15) is 14.4 Å². The molecule has 2 N–H and O–H groups in total. The number of hydrogen-bond donors (Lipinski definition) is 2. The lowest BCUT2D eigenvalue weighted by Crippen LogP contribution is -2.39. The van der Waals surface area contributed by atoms with Crippen molar-refractivity contribution in [1.82, 2.24) is 5.32 Å². The molecule has 0 spiro atoms. The number of aliphatic carboxylic acids is 1. The first-order valence-electron chi connectivity index (χ1n) is 7.21. The quantitative estimate of drug-likeness (QED) is 0.806. The van der Waals surface area contributed by atoms with Crippen LogP contribution in [0.5, 0.6) is 5.75 Å². The normalized spacial score (nSPS) is 18.2. The van der Waals surface area contributed by atoms with Crippen LogP contribution in [0.15, 0.2) is 18.2 Å². The van der Waals surface area contributed by atoms with E-state index in [4.69, 9.17) is 9.84 Å². The van der Waals surface area contributed by atoms with E-state index in [2.05, 4.69) is 5.32 Å². The van der Waals surface area contributed by atoms with Gasteiger partial charge >= 0.3 is 5.97 Å². The minimum atomic E-state index is -0.938. The van der Waals surface area contributed by atoms with Crippen LogP contribution in [0.25, 0.3) is 0 Å². The molecule has 2 rings (SSSR count). The zero-order valence-electron chi connectivity index (χ0n) is 12.6. The van der Waals surface area contributed by atoms with Crippen molar-refractivity contribution in [3.05, 3.63) is 29.3 Å². The fraction of sp³-hybridized carbons (Fsp3) is 0.438. The molecule has 22 heavy (non-hydrogen) atoms. The average molecular weight is 305 g/mol. The summed E-state index contributed by atoms with van der Waals surface area (Å²) in [5.74, 6) is -1.53. The molecular weight excluding hydrogens is 286 g/mol. The Hall–Kier alpha value is -2.37. The lowest BCUT2D eigenvalue weighted by Gasteiger charge is -2.24. The highest BCUT2D eigenvalue weighted by atomic mass is 16.5. The maximum atomic E-state index is 12.1. The summed E-state index contributed by atoms with van der Waals surface area (Å²) in [6.07, 6.45) is 0.468. The molecule has 0 saturated carbocycles. The Morgan fingerprint density at radius 1 is 1.41 bits per heavy atom. The molecule has 0 aliphatic carbocycles. The number of piperidine rings is 1. The van der Waals surface area contributed by atoms with Gasteiger partial charge in [0.05, 0.1) is 18.4 Å². The molecule has 1 atom stereocenters. The van der Waals surface area contributed by atoms with Gasteiger partial charge in [-0.2, -0.15) is 0 Å². The zero-order valence-corrected chi connectivity index (χ0v) is 12.6. The van der Waals surface area contributed by atoms with Gasteiger partial charge in [-0.25, -0.2) is 0 Å². The second kappa shape index (κ2) is 6.60. The highest BCUT2D eigenvalue weighted by molar-refractivity contribution is 6.01. The molecule has 1 fully saturated rings. The fourth-order valence-electron chi connectivity index (χ4n) is 2.51. The lowest BCUT2D eigenvalue weighted by molar-refractivity contribution is -0.136. The van der Waals surface area contributed by atoms with Gasteiger partial charge in [0.2, 0.25) is 11.8 Å². The third-order valence-electron chi connectivity index (χ3n) is 3.41. The van der Waals surface area contributed by atoms with Crippen LogP contribution in [0.3, 0.4) is 0 Å². The predicted octanol–water partition coefficient (Wildman–Crippen LogP) is 1.62. The number of amides is 2. The number of nitrogens with one attached hydrogen (secondary N) is 1. The van der Waals surface area contributed by atoms with Crippen molar-refractivity contribution in [3.63, 3.8) is 0 Å². The van der Waals surface area contributed by atoms with Crippen molar-refractivity contribution in [2.45, 2.75) is 45.1 Å². The summed E-state index contributed by atoms with van der Waals surface area (Å²) in [5, 5.41) is 11.2. The van der Waals surface area contributed by atoms with Crippen molar-refractivity contribution in [3.8, 4) is 5.75 Å². The highest BCUT2D eigenvalue weighted by Crippen LogP contribution is 2.33. The van der Waals surface area contributed by atoms with Gasteiger partial charge in [-0.1, -0.05) is 12.1 Å². The van der Waals surface area contributed by atoms with Crippen molar-refractivity contribution < 1.29 is 24.2 Å². The molecule has 1 aromatic carbocycles. The van der Waals surface area contributed by atoms with Gasteiger partial charge in [0.15, 0.2) is 0 Å². The molecule has 0 aromatic heterocycles. The number of carboxylic acid groups (broad SMARTS) is 1. The van der Waals surface area contributed by atoms with Gasteiger partial charge in [-0.15, -0.1) is 0 Å². The van der Waals surface area contributed by atoms with E-state index >= 15 is 0 Å². The minimum Gasteiger partial charge on any atom is -0.491 e. The summed E-state index contributed by atoms with van der Waals surface area (Å²) in [5.41, 5.74) is 1.24. The molecule has 1 aromatic rings. The number of rotatable bonds is 5. The molecule has 0 radical (unpaired) electrons. The first-order chi connectivity index (χ1) is 10.4. The van der Waals surface area contributed by atoms with Crippen LogP contribution in [0.4, 0.5) is 0 Å². The molecule has 118 valence electrons. The minimum absolute atomic E-state index is 0.0719. The summed E-state index contributed by atoms with van der Waals surface area (Å²) in [6, 6.07) is 5.06. The third-order valence-corrected chi connectivity index (χ3v) is 3.41. The largest absolute Gasteiger partial charge is 0.491 e. The van der Waals surface area contributed by atoms with Crippen LogP contribution in [0, 0.1) is 0 Å². The van der Waals surface area contributed by atoms with Crippen molar-refractivity contribution in [2.24, 2.45) is 0 Å². The maximum Gasteiger partial charge on any atom is 0.307 e. The van der Waals surface area contributed by atoms with Crippen LogP contribution < -0.4 is 10.1 Å². The van der Waals surface area contributed by atoms with Gasteiger partial charge < -0.3 is 9.84 Å². The molecule has 1 saturated heterocycles. The topological polar surface area (TPSA) is 92.7 Å². The Kier molecular flexibility index (Phi) is 4.80. The maximum absolute atomic E-state index is 12.1. The van der Waals surface area contributed by atoms with E-state index in [1.54, 1.807) is 18.2 Å².